The third kappa shape index (κ3) is 2.86. The third-order valence-corrected chi connectivity index (χ3v) is 3.80. The molecule has 2 heterocycles. The van der Waals surface area contributed by atoms with Gasteiger partial charge in [-0.25, -0.2) is 4.63 Å². The number of nitrogens with zero attached hydrogens (tertiary/aromatic N) is 3. The van der Waals surface area contributed by atoms with E-state index < -0.39 is 0 Å². The van der Waals surface area contributed by atoms with Crippen molar-refractivity contribution in [3.63, 3.8) is 0 Å². The van der Waals surface area contributed by atoms with Crippen LogP contribution in [0, 0.1) is 6.92 Å². The predicted molar refractivity (Wildman–Crippen MR) is 82.1 cm³/mol. The van der Waals surface area contributed by atoms with Gasteiger partial charge in [0.05, 0.1) is 6.54 Å². The molecule has 0 bridgehead atoms. The second-order valence-corrected chi connectivity index (χ2v) is 5.36. The second kappa shape index (κ2) is 6.01. The van der Waals surface area contributed by atoms with Gasteiger partial charge in [-0.15, -0.1) is 0 Å². The molecule has 0 radical (unpaired) electrons. The average molecular weight is 298 g/mol. The zero-order valence-corrected chi connectivity index (χ0v) is 12.7. The Hall–Kier alpha value is -2.63. The number of amides is 1. The van der Waals surface area contributed by atoms with Crippen LogP contribution in [0.1, 0.15) is 23.4 Å². The van der Waals surface area contributed by atoms with Crippen molar-refractivity contribution in [3.8, 4) is 0 Å². The molecule has 1 amide bonds. The molecule has 0 unspecified atom stereocenters. The van der Waals surface area contributed by atoms with Crippen molar-refractivity contribution in [3.05, 3.63) is 47.4 Å². The lowest BCUT2D eigenvalue weighted by Crippen LogP contribution is -2.23. The van der Waals surface area contributed by atoms with Crippen molar-refractivity contribution in [1.29, 1.82) is 0 Å². The maximum absolute atomic E-state index is 12.0. The first-order valence-corrected chi connectivity index (χ1v) is 7.23. The van der Waals surface area contributed by atoms with Gasteiger partial charge in [-0.3, -0.25) is 4.79 Å². The monoisotopic (exact) mass is 298 g/mol. The summed E-state index contributed by atoms with van der Waals surface area (Å²) in [7, 11) is 2.02. The van der Waals surface area contributed by atoms with E-state index in [-0.39, 0.29) is 5.91 Å². The minimum absolute atomic E-state index is 0.00432. The van der Waals surface area contributed by atoms with Crippen molar-refractivity contribution < 1.29 is 9.42 Å². The molecule has 1 aromatic carbocycles. The van der Waals surface area contributed by atoms with Crippen molar-refractivity contribution >= 4 is 16.8 Å². The van der Waals surface area contributed by atoms with Crippen LogP contribution in [0.2, 0.25) is 0 Å². The Morgan fingerprint density at radius 3 is 2.91 bits per heavy atom. The SMILES string of the molecule is Cc1nonc1CNC(=O)CCc1cn(C)c2ccccc12. The Kier molecular flexibility index (Phi) is 3.91. The number of para-hydroxylation sites is 1. The molecular weight excluding hydrogens is 280 g/mol. The van der Waals surface area contributed by atoms with Crippen LogP contribution < -0.4 is 5.32 Å². The van der Waals surface area contributed by atoms with Gasteiger partial charge in [0.15, 0.2) is 0 Å². The Morgan fingerprint density at radius 1 is 1.32 bits per heavy atom. The molecular formula is C16H18N4O2. The highest BCUT2D eigenvalue weighted by atomic mass is 16.6. The Bertz CT molecular complexity index is 803. The summed E-state index contributed by atoms with van der Waals surface area (Å²) in [6.45, 7) is 2.15. The third-order valence-electron chi connectivity index (χ3n) is 3.80. The molecule has 0 saturated carbocycles. The van der Waals surface area contributed by atoms with Gasteiger partial charge >= 0.3 is 0 Å². The van der Waals surface area contributed by atoms with Crippen molar-refractivity contribution in [2.45, 2.75) is 26.3 Å². The molecule has 0 saturated heterocycles. The lowest BCUT2D eigenvalue weighted by molar-refractivity contribution is -0.121. The fourth-order valence-corrected chi connectivity index (χ4v) is 2.55. The van der Waals surface area contributed by atoms with Crippen LogP contribution in [-0.2, 0) is 24.8 Å². The first-order chi connectivity index (χ1) is 10.6. The van der Waals surface area contributed by atoms with Gasteiger partial charge in [-0.2, -0.15) is 0 Å². The number of aryl methyl sites for hydroxylation is 3. The molecule has 0 fully saturated rings. The number of aromatic nitrogens is 3. The minimum Gasteiger partial charge on any atom is -0.350 e. The lowest BCUT2D eigenvalue weighted by Gasteiger charge is -2.03. The van der Waals surface area contributed by atoms with Gasteiger partial charge < -0.3 is 9.88 Å². The van der Waals surface area contributed by atoms with Crippen LogP contribution in [0.5, 0.6) is 0 Å². The number of rotatable bonds is 5. The number of nitrogens with one attached hydrogen (secondary N) is 1. The van der Waals surface area contributed by atoms with Gasteiger partial charge in [0.1, 0.15) is 11.4 Å². The van der Waals surface area contributed by atoms with E-state index in [1.807, 2.05) is 19.2 Å². The molecule has 22 heavy (non-hydrogen) atoms. The Morgan fingerprint density at radius 2 is 2.14 bits per heavy atom. The van der Waals surface area contributed by atoms with Crippen molar-refractivity contribution in [2.75, 3.05) is 0 Å². The maximum atomic E-state index is 12.0. The normalized spacial score (nSPS) is 11.0. The topological polar surface area (TPSA) is 73.0 Å². The zero-order valence-electron chi connectivity index (χ0n) is 12.7. The lowest BCUT2D eigenvalue weighted by atomic mass is 10.1. The summed E-state index contributed by atoms with van der Waals surface area (Å²) in [6.07, 6.45) is 3.24. The molecule has 0 aliphatic rings. The van der Waals surface area contributed by atoms with Gasteiger partial charge in [-0.05, 0) is 25.0 Å². The standard InChI is InChI=1S/C16H18N4O2/c1-11-14(19-22-18-11)9-17-16(21)8-7-12-10-20(2)15-6-4-3-5-13(12)15/h3-6,10H,7-9H2,1-2H3,(H,17,21). The largest absolute Gasteiger partial charge is 0.350 e. The van der Waals surface area contributed by atoms with E-state index in [2.05, 4.69) is 43.2 Å². The number of carbonyl (C=O) groups excluding carboxylic acids is 1. The van der Waals surface area contributed by atoms with Gasteiger partial charge in [-0.1, -0.05) is 28.5 Å². The first-order valence-electron chi connectivity index (χ1n) is 7.23. The summed E-state index contributed by atoms with van der Waals surface area (Å²) in [4.78, 5) is 12.0. The molecule has 3 rings (SSSR count). The molecule has 3 aromatic rings. The van der Waals surface area contributed by atoms with Gasteiger partial charge in [0, 0.05) is 30.6 Å². The number of hydrogen-bond donors (Lipinski definition) is 1. The summed E-state index contributed by atoms with van der Waals surface area (Å²) in [5.41, 5.74) is 3.74. The fourth-order valence-electron chi connectivity index (χ4n) is 2.55. The highest BCUT2D eigenvalue weighted by Gasteiger charge is 2.10. The van der Waals surface area contributed by atoms with Crippen LogP contribution in [0.15, 0.2) is 35.1 Å². The molecule has 2 aromatic heterocycles. The number of hydrogen-bond acceptors (Lipinski definition) is 4. The quantitative estimate of drug-likeness (QED) is 0.783. The summed E-state index contributed by atoms with van der Waals surface area (Å²) in [5, 5.41) is 11.5. The van der Waals surface area contributed by atoms with Gasteiger partial charge in [0.2, 0.25) is 5.91 Å². The van der Waals surface area contributed by atoms with E-state index in [1.54, 1.807) is 6.92 Å². The zero-order chi connectivity index (χ0) is 15.5. The molecule has 0 atom stereocenters. The van der Waals surface area contributed by atoms with Crippen LogP contribution in [-0.4, -0.2) is 20.8 Å². The molecule has 6 heteroatoms. The molecule has 114 valence electrons. The first kappa shape index (κ1) is 14.3. The molecule has 6 nitrogen and oxygen atoms in total. The summed E-state index contributed by atoms with van der Waals surface area (Å²) >= 11 is 0. The average Bonchev–Trinajstić information content (AvgIpc) is 3.07. The Labute approximate surface area is 128 Å². The van der Waals surface area contributed by atoms with Crippen LogP contribution in [0.25, 0.3) is 10.9 Å². The van der Waals surface area contributed by atoms with Crippen molar-refractivity contribution in [1.82, 2.24) is 20.2 Å². The van der Waals surface area contributed by atoms with Crippen LogP contribution >= 0.6 is 0 Å². The highest BCUT2D eigenvalue weighted by Crippen LogP contribution is 2.21. The molecule has 0 aliphatic carbocycles. The van der Waals surface area contributed by atoms with E-state index >= 15 is 0 Å². The van der Waals surface area contributed by atoms with E-state index in [0.29, 0.717) is 30.8 Å². The fraction of sp³-hybridized carbons (Fsp3) is 0.312. The summed E-state index contributed by atoms with van der Waals surface area (Å²) < 4.78 is 6.69. The van der Waals surface area contributed by atoms with E-state index in [4.69, 9.17) is 0 Å². The van der Waals surface area contributed by atoms with E-state index in [0.717, 1.165) is 0 Å². The molecule has 1 N–H and O–H groups in total. The predicted octanol–water partition coefficient (Wildman–Crippen LogP) is 2.12. The number of carbonyl (C=O) groups is 1. The molecule has 0 aliphatic heterocycles. The second-order valence-electron chi connectivity index (χ2n) is 5.36. The van der Waals surface area contributed by atoms with E-state index in [1.165, 1.54) is 16.5 Å². The smallest absolute Gasteiger partial charge is 0.220 e. The van der Waals surface area contributed by atoms with Crippen LogP contribution in [0.4, 0.5) is 0 Å². The van der Waals surface area contributed by atoms with Crippen molar-refractivity contribution in [2.24, 2.45) is 7.05 Å². The number of fused-ring (bicyclic) bond motifs is 1. The minimum atomic E-state index is -0.00432. The number of benzene rings is 1. The van der Waals surface area contributed by atoms with E-state index in [9.17, 15) is 4.79 Å². The highest BCUT2D eigenvalue weighted by molar-refractivity contribution is 5.84. The Balaban J connectivity index is 1.59. The molecule has 0 spiro atoms. The van der Waals surface area contributed by atoms with Crippen LogP contribution in [0.3, 0.4) is 0 Å². The summed E-state index contributed by atoms with van der Waals surface area (Å²) in [5.74, 6) is -0.00432. The maximum Gasteiger partial charge on any atom is 0.220 e. The summed E-state index contributed by atoms with van der Waals surface area (Å²) in [6, 6.07) is 8.21. The van der Waals surface area contributed by atoms with Gasteiger partial charge in [0.25, 0.3) is 0 Å².